The van der Waals surface area contributed by atoms with E-state index < -0.39 is 21.4 Å². The molecule has 0 amide bonds. The second-order valence-corrected chi connectivity index (χ2v) is 6.76. The van der Waals surface area contributed by atoms with E-state index >= 15 is 0 Å². The first-order valence-corrected chi connectivity index (χ1v) is 8.67. The van der Waals surface area contributed by atoms with Crippen molar-refractivity contribution in [3.63, 3.8) is 0 Å². The van der Waals surface area contributed by atoms with Crippen LogP contribution in [0.15, 0.2) is 54.7 Å². The molecule has 0 fully saturated rings. The number of fused-ring (bicyclic) bond motifs is 1. The number of benzene rings is 2. The van der Waals surface area contributed by atoms with Gasteiger partial charge in [0, 0.05) is 11.6 Å². The van der Waals surface area contributed by atoms with Crippen molar-refractivity contribution in [2.24, 2.45) is 0 Å². The van der Waals surface area contributed by atoms with Crippen LogP contribution in [0.3, 0.4) is 0 Å². The highest BCUT2D eigenvalue weighted by Crippen LogP contribution is 2.34. The van der Waals surface area contributed by atoms with Gasteiger partial charge in [0.2, 0.25) is 0 Å². The number of pyridine rings is 1. The lowest BCUT2D eigenvalue weighted by molar-refractivity contribution is -0.0500. The maximum atomic E-state index is 12.5. The van der Waals surface area contributed by atoms with Crippen molar-refractivity contribution in [2.75, 3.05) is 7.11 Å². The molecule has 0 aliphatic carbocycles. The predicted octanol–water partition coefficient (Wildman–Crippen LogP) is 4.14. The fourth-order valence-electron chi connectivity index (χ4n) is 2.45. The minimum absolute atomic E-state index is 0.437. The number of hydrogen-bond donors (Lipinski definition) is 0. The highest BCUT2D eigenvalue weighted by molar-refractivity contribution is 7.88. The lowest BCUT2D eigenvalue weighted by Crippen LogP contribution is -2.28. The Bertz CT molecular complexity index is 1070. The molecule has 0 saturated heterocycles. The molecular weight excluding hydrogens is 371 g/mol. The van der Waals surface area contributed by atoms with E-state index in [1.165, 1.54) is 25.4 Å². The summed E-state index contributed by atoms with van der Waals surface area (Å²) >= 11 is 0. The van der Waals surface area contributed by atoms with E-state index in [1.807, 2.05) is 0 Å². The first-order valence-electron chi connectivity index (χ1n) is 7.26. The van der Waals surface area contributed by atoms with Crippen LogP contribution in [0.5, 0.6) is 11.5 Å². The van der Waals surface area contributed by atoms with Crippen molar-refractivity contribution in [2.45, 2.75) is 5.51 Å². The zero-order valence-electron chi connectivity index (χ0n) is 13.3. The molecular formula is C17H12F3NO4S. The fraction of sp³-hybridized carbons (Fsp3) is 0.118. The third-order valence-corrected chi connectivity index (χ3v) is 4.57. The van der Waals surface area contributed by atoms with Crippen LogP contribution in [0.25, 0.3) is 22.0 Å². The Morgan fingerprint density at radius 1 is 1.04 bits per heavy atom. The van der Waals surface area contributed by atoms with Crippen molar-refractivity contribution >= 4 is 21.0 Å². The molecule has 0 bridgehead atoms. The molecule has 2 aromatic carbocycles. The first kappa shape index (κ1) is 18.0. The van der Waals surface area contributed by atoms with E-state index in [4.69, 9.17) is 4.74 Å². The van der Waals surface area contributed by atoms with Crippen molar-refractivity contribution in [3.8, 4) is 22.6 Å². The van der Waals surface area contributed by atoms with Crippen LogP contribution in [0, 0.1) is 0 Å². The Kier molecular flexibility index (Phi) is 4.49. The summed E-state index contributed by atoms with van der Waals surface area (Å²) in [5.74, 6) is 0.101. The van der Waals surface area contributed by atoms with E-state index in [0.29, 0.717) is 27.8 Å². The number of ether oxygens (including phenoxy) is 1. The van der Waals surface area contributed by atoms with Crippen LogP contribution in [0.2, 0.25) is 0 Å². The standard InChI is InChI=1S/C17H12F3NO4S/c1-24-15-7-3-6-14-13(8-9-21-16(14)15)11-4-2-5-12(10-11)25-26(22,23)17(18,19)20/h2-10H,1H3. The maximum Gasteiger partial charge on any atom is 0.534 e. The van der Waals surface area contributed by atoms with E-state index in [0.717, 1.165) is 6.07 Å². The van der Waals surface area contributed by atoms with Crippen LogP contribution in [0.4, 0.5) is 13.2 Å². The van der Waals surface area contributed by atoms with Gasteiger partial charge in [-0.2, -0.15) is 21.6 Å². The number of alkyl halides is 3. The summed E-state index contributed by atoms with van der Waals surface area (Å²) < 4.78 is 69.3. The third kappa shape index (κ3) is 3.30. The topological polar surface area (TPSA) is 65.5 Å². The quantitative estimate of drug-likeness (QED) is 0.500. The largest absolute Gasteiger partial charge is 0.534 e. The van der Waals surface area contributed by atoms with Gasteiger partial charge in [0.1, 0.15) is 17.0 Å². The summed E-state index contributed by atoms with van der Waals surface area (Å²) in [6, 6.07) is 12.3. The molecule has 5 nitrogen and oxygen atoms in total. The molecule has 0 N–H and O–H groups in total. The van der Waals surface area contributed by atoms with Gasteiger partial charge in [-0.05, 0) is 35.4 Å². The van der Waals surface area contributed by atoms with Crippen LogP contribution in [-0.2, 0) is 10.1 Å². The SMILES string of the molecule is COc1cccc2c(-c3cccc(OS(=O)(=O)C(F)(F)F)c3)ccnc12. The molecule has 1 aromatic heterocycles. The van der Waals surface area contributed by atoms with Crippen molar-refractivity contribution < 1.29 is 30.5 Å². The number of methoxy groups -OCH3 is 1. The van der Waals surface area contributed by atoms with Gasteiger partial charge in [0.25, 0.3) is 0 Å². The average Bonchev–Trinajstić information content (AvgIpc) is 2.59. The lowest BCUT2D eigenvalue weighted by atomic mass is 10.0. The van der Waals surface area contributed by atoms with Crippen LogP contribution < -0.4 is 8.92 Å². The van der Waals surface area contributed by atoms with Gasteiger partial charge in [0.15, 0.2) is 0 Å². The van der Waals surface area contributed by atoms with Gasteiger partial charge in [-0.15, -0.1) is 0 Å². The normalized spacial score (nSPS) is 12.2. The summed E-state index contributed by atoms with van der Waals surface area (Å²) in [4.78, 5) is 4.25. The molecule has 3 aromatic rings. The zero-order valence-corrected chi connectivity index (χ0v) is 14.1. The molecule has 26 heavy (non-hydrogen) atoms. The Morgan fingerprint density at radius 2 is 1.77 bits per heavy atom. The molecule has 0 atom stereocenters. The van der Waals surface area contributed by atoms with Crippen LogP contribution in [0.1, 0.15) is 0 Å². The predicted molar refractivity (Wildman–Crippen MR) is 89.3 cm³/mol. The van der Waals surface area contributed by atoms with Gasteiger partial charge >= 0.3 is 15.6 Å². The Morgan fingerprint density at radius 3 is 2.46 bits per heavy atom. The average molecular weight is 383 g/mol. The maximum absolute atomic E-state index is 12.5. The molecule has 0 radical (unpaired) electrons. The van der Waals surface area contributed by atoms with E-state index in [9.17, 15) is 21.6 Å². The van der Waals surface area contributed by atoms with Gasteiger partial charge in [-0.3, -0.25) is 4.98 Å². The minimum Gasteiger partial charge on any atom is -0.494 e. The monoisotopic (exact) mass is 383 g/mol. The first-order chi connectivity index (χ1) is 12.2. The molecule has 1 heterocycles. The number of aromatic nitrogens is 1. The Labute approximate surface area is 147 Å². The molecule has 0 aliphatic heterocycles. The smallest absolute Gasteiger partial charge is 0.494 e. The van der Waals surface area contributed by atoms with Crippen molar-refractivity contribution in [3.05, 3.63) is 54.7 Å². The molecule has 9 heteroatoms. The van der Waals surface area contributed by atoms with Crippen molar-refractivity contribution in [1.82, 2.24) is 4.98 Å². The minimum atomic E-state index is -5.74. The van der Waals surface area contributed by atoms with Crippen molar-refractivity contribution in [1.29, 1.82) is 0 Å². The molecule has 3 rings (SSSR count). The number of halogens is 3. The van der Waals surface area contributed by atoms with Gasteiger partial charge in [-0.25, -0.2) is 0 Å². The fourth-order valence-corrected chi connectivity index (χ4v) is 2.91. The molecule has 0 aliphatic rings. The van der Waals surface area contributed by atoms with E-state index in [-0.39, 0.29) is 0 Å². The van der Waals surface area contributed by atoms with Crippen LogP contribution >= 0.6 is 0 Å². The van der Waals surface area contributed by atoms with E-state index in [1.54, 1.807) is 30.3 Å². The summed E-state index contributed by atoms with van der Waals surface area (Å²) in [5, 5.41) is 0.697. The van der Waals surface area contributed by atoms with Crippen LogP contribution in [-0.4, -0.2) is 26.0 Å². The number of rotatable bonds is 4. The molecule has 136 valence electrons. The summed E-state index contributed by atoms with van der Waals surface area (Å²) in [6.45, 7) is 0. The summed E-state index contributed by atoms with van der Waals surface area (Å²) in [5.41, 5.74) is -3.81. The zero-order chi connectivity index (χ0) is 18.9. The Hall–Kier alpha value is -2.81. The number of para-hydroxylation sites is 1. The highest BCUT2D eigenvalue weighted by Gasteiger charge is 2.48. The highest BCUT2D eigenvalue weighted by atomic mass is 32.2. The summed E-state index contributed by atoms with van der Waals surface area (Å²) in [6.07, 6.45) is 1.53. The molecule has 0 unspecified atom stereocenters. The van der Waals surface area contributed by atoms with Gasteiger partial charge in [0.05, 0.1) is 7.11 Å². The number of hydrogen-bond acceptors (Lipinski definition) is 5. The second kappa shape index (κ2) is 6.49. The third-order valence-electron chi connectivity index (χ3n) is 3.59. The lowest BCUT2D eigenvalue weighted by Gasteiger charge is -2.12. The second-order valence-electron chi connectivity index (χ2n) is 5.23. The number of nitrogens with zero attached hydrogens (tertiary/aromatic N) is 1. The summed E-state index contributed by atoms with van der Waals surface area (Å²) in [7, 11) is -4.24. The Balaban J connectivity index is 2.09. The molecule has 0 spiro atoms. The van der Waals surface area contributed by atoms with Gasteiger partial charge in [-0.1, -0.05) is 24.3 Å². The van der Waals surface area contributed by atoms with E-state index in [2.05, 4.69) is 9.17 Å². The molecule has 0 saturated carbocycles. The van der Waals surface area contributed by atoms with Gasteiger partial charge < -0.3 is 8.92 Å².